The molecular weight excluding hydrogens is 186 g/mol. The van der Waals surface area contributed by atoms with Crippen molar-refractivity contribution in [1.29, 1.82) is 0 Å². The van der Waals surface area contributed by atoms with Gasteiger partial charge in [-0.2, -0.15) is 0 Å². The average Bonchev–Trinajstić information content (AvgIpc) is 2.29. The topological polar surface area (TPSA) is 20.3 Å². The molecule has 0 atom stereocenters. The number of rotatable bonds is 6. The van der Waals surface area contributed by atoms with Crippen molar-refractivity contribution in [2.24, 2.45) is 0 Å². The van der Waals surface area contributed by atoms with Crippen LogP contribution in [0.5, 0.6) is 0 Å². The summed E-state index contributed by atoms with van der Waals surface area (Å²) in [4.78, 5) is 12.7. The third-order valence-electron chi connectivity index (χ3n) is 2.07. The van der Waals surface area contributed by atoms with Crippen LogP contribution in [0.3, 0.4) is 0 Å². The van der Waals surface area contributed by atoms with E-state index < -0.39 is 0 Å². The predicted octanol–water partition coefficient (Wildman–Crippen LogP) is 2.68. The van der Waals surface area contributed by atoms with Crippen molar-refractivity contribution in [2.45, 2.75) is 0 Å². The lowest BCUT2D eigenvalue weighted by Crippen LogP contribution is -2.23. The Hall–Kier alpha value is -1.83. The molecular formula is C13H15NO. The van der Waals surface area contributed by atoms with Crippen LogP contribution in [0.1, 0.15) is 10.4 Å². The van der Waals surface area contributed by atoms with E-state index in [4.69, 9.17) is 0 Å². The Balaban J connectivity index is 2.92. The minimum absolute atomic E-state index is 0.686. The predicted molar refractivity (Wildman–Crippen MR) is 64.4 cm³/mol. The van der Waals surface area contributed by atoms with E-state index in [9.17, 15) is 4.79 Å². The highest BCUT2D eigenvalue weighted by atomic mass is 16.1. The highest BCUT2D eigenvalue weighted by molar-refractivity contribution is 5.77. The summed E-state index contributed by atoms with van der Waals surface area (Å²) in [7, 11) is 0. The number of hydrogen-bond donors (Lipinski definition) is 0. The molecule has 0 unspecified atom stereocenters. The first-order chi connectivity index (χ1) is 7.31. The maximum atomic E-state index is 10.6. The van der Waals surface area contributed by atoms with Crippen molar-refractivity contribution < 1.29 is 4.79 Å². The molecule has 0 aliphatic carbocycles. The Morgan fingerprint density at radius 1 is 1.20 bits per heavy atom. The summed E-state index contributed by atoms with van der Waals surface area (Å²) in [6, 6.07) is 7.49. The van der Waals surface area contributed by atoms with Gasteiger partial charge in [-0.25, -0.2) is 0 Å². The average molecular weight is 201 g/mol. The van der Waals surface area contributed by atoms with Crippen molar-refractivity contribution in [1.82, 2.24) is 0 Å². The fourth-order valence-corrected chi connectivity index (χ4v) is 1.39. The molecule has 0 bridgehead atoms. The zero-order valence-electron chi connectivity index (χ0n) is 8.73. The first-order valence-electron chi connectivity index (χ1n) is 4.83. The van der Waals surface area contributed by atoms with Crippen molar-refractivity contribution in [2.75, 3.05) is 18.0 Å². The number of carbonyl (C=O) groups is 1. The molecule has 0 saturated heterocycles. The lowest BCUT2D eigenvalue weighted by atomic mass is 10.2. The lowest BCUT2D eigenvalue weighted by Gasteiger charge is -2.21. The molecule has 0 aliphatic rings. The van der Waals surface area contributed by atoms with Gasteiger partial charge in [0, 0.05) is 24.3 Å². The van der Waals surface area contributed by atoms with Crippen LogP contribution in [-0.2, 0) is 0 Å². The summed E-state index contributed by atoms with van der Waals surface area (Å²) in [5.41, 5.74) is 1.70. The number of benzene rings is 1. The Kier molecular flexibility index (Phi) is 4.35. The summed E-state index contributed by atoms with van der Waals surface area (Å²) < 4.78 is 0. The van der Waals surface area contributed by atoms with Crippen LogP contribution in [0, 0.1) is 0 Å². The highest BCUT2D eigenvalue weighted by Gasteiger charge is 2.02. The van der Waals surface area contributed by atoms with E-state index in [1.807, 2.05) is 30.4 Å². The quantitative estimate of drug-likeness (QED) is 0.521. The van der Waals surface area contributed by atoms with Crippen LogP contribution in [0.2, 0.25) is 0 Å². The summed E-state index contributed by atoms with van der Waals surface area (Å²) in [6.07, 6.45) is 4.51. The molecule has 78 valence electrons. The van der Waals surface area contributed by atoms with Crippen LogP contribution in [-0.4, -0.2) is 19.4 Å². The Morgan fingerprint density at radius 2 is 1.87 bits per heavy atom. The molecule has 0 spiro atoms. The molecule has 15 heavy (non-hydrogen) atoms. The molecule has 0 saturated carbocycles. The minimum atomic E-state index is 0.686. The molecule has 0 N–H and O–H groups in total. The first kappa shape index (κ1) is 11.2. The zero-order chi connectivity index (χ0) is 11.1. The normalized spacial score (nSPS) is 9.33. The second-order valence-corrected chi connectivity index (χ2v) is 3.20. The first-order valence-corrected chi connectivity index (χ1v) is 4.83. The number of hydrogen-bond acceptors (Lipinski definition) is 2. The molecule has 0 heterocycles. The third-order valence-corrected chi connectivity index (χ3v) is 2.07. The standard InChI is InChI=1S/C13H15NO/c1-3-8-14(9-4-2)13-7-5-6-12(10-13)11-15/h3-7,10-11H,1-2,8-9H2. The highest BCUT2D eigenvalue weighted by Crippen LogP contribution is 2.15. The van der Waals surface area contributed by atoms with Crippen LogP contribution in [0.15, 0.2) is 49.6 Å². The van der Waals surface area contributed by atoms with Gasteiger partial charge in [0.05, 0.1) is 0 Å². The molecule has 2 nitrogen and oxygen atoms in total. The van der Waals surface area contributed by atoms with Gasteiger partial charge < -0.3 is 4.90 Å². The second-order valence-electron chi connectivity index (χ2n) is 3.20. The van der Waals surface area contributed by atoms with Gasteiger partial charge in [0.15, 0.2) is 0 Å². The van der Waals surface area contributed by atoms with Crippen LogP contribution in [0.4, 0.5) is 5.69 Å². The number of aldehydes is 1. The monoisotopic (exact) mass is 201 g/mol. The number of carbonyl (C=O) groups excluding carboxylic acids is 1. The molecule has 2 heteroatoms. The Morgan fingerprint density at radius 3 is 2.40 bits per heavy atom. The molecule has 0 amide bonds. The van der Waals surface area contributed by atoms with Crippen molar-refractivity contribution in [3.63, 3.8) is 0 Å². The summed E-state index contributed by atoms with van der Waals surface area (Å²) in [6.45, 7) is 8.90. The minimum Gasteiger partial charge on any atom is -0.364 e. The summed E-state index contributed by atoms with van der Waals surface area (Å²) in [5.74, 6) is 0. The molecule has 1 rings (SSSR count). The van der Waals surface area contributed by atoms with Crippen LogP contribution < -0.4 is 4.90 Å². The van der Waals surface area contributed by atoms with Gasteiger partial charge in [-0.3, -0.25) is 4.79 Å². The van der Waals surface area contributed by atoms with Gasteiger partial charge in [0.25, 0.3) is 0 Å². The zero-order valence-corrected chi connectivity index (χ0v) is 8.73. The molecule has 0 fully saturated rings. The Bertz CT molecular complexity index is 347. The fourth-order valence-electron chi connectivity index (χ4n) is 1.39. The fraction of sp³-hybridized carbons (Fsp3) is 0.154. The maximum absolute atomic E-state index is 10.6. The van der Waals surface area contributed by atoms with Gasteiger partial charge in [0.1, 0.15) is 6.29 Å². The molecule has 1 aromatic rings. The Labute approximate surface area is 90.5 Å². The van der Waals surface area contributed by atoms with E-state index in [0.717, 1.165) is 25.1 Å². The van der Waals surface area contributed by atoms with Crippen LogP contribution >= 0.6 is 0 Å². The molecule has 0 radical (unpaired) electrons. The molecule has 1 aromatic carbocycles. The van der Waals surface area contributed by atoms with Gasteiger partial charge in [0.2, 0.25) is 0 Å². The van der Waals surface area contributed by atoms with E-state index in [-0.39, 0.29) is 0 Å². The second kappa shape index (κ2) is 5.81. The van der Waals surface area contributed by atoms with E-state index >= 15 is 0 Å². The van der Waals surface area contributed by atoms with Gasteiger partial charge in [-0.15, -0.1) is 13.2 Å². The number of anilines is 1. The summed E-state index contributed by atoms with van der Waals surface area (Å²) >= 11 is 0. The van der Waals surface area contributed by atoms with Crippen molar-refractivity contribution >= 4 is 12.0 Å². The molecule has 0 aliphatic heterocycles. The van der Waals surface area contributed by atoms with Gasteiger partial charge >= 0.3 is 0 Å². The van der Waals surface area contributed by atoms with E-state index in [0.29, 0.717) is 5.56 Å². The van der Waals surface area contributed by atoms with E-state index in [1.54, 1.807) is 6.07 Å². The van der Waals surface area contributed by atoms with Crippen molar-refractivity contribution in [3.8, 4) is 0 Å². The lowest BCUT2D eigenvalue weighted by molar-refractivity contribution is 0.112. The number of nitrogens with zero attached hydrogens (tertiary/aromatic N) is 1. The maximum Gasteiger partial charge on any atom is 0.150 e. The molecule has 0 aromatic heterocycles. The van der Waals surface area contributed by atoms with E-state index in [1.165, 1.54) is 0 Å². The van der Waals surface area contributed by atoms with Gasteiger partial charge in [-0.1, -0.05) is 24.3 Å². The SMILES string of the molecule is C=CCN(CC=C)c1cccc(C=O)c1. The van der Waals surface area contributed by atoms with E-state index in [2.05, 4.69) is 18.1 Å². The van der Waals surface area contributed by atoms with Crippen LogP contribution in [0.25, 0.3) is 0 Å². The van der Waals surface area contributed by atoms with Gasteiger partial charge in [-0.05, 0) is 12.1 Å². The largest absolute Gasteiger partial charge is 0.364 e. The summed E-state index contributed by atoms with van der Waals surface area (Å²) in [5, 5.41) is 0. The smallest absolute Gasteiger partial charge is 0.150 e. The third kappa shape index (κ3) is 3.09. The van der Waals surface area contributed by atoms with Crippen molar-refractivity contribution in [3.05, 3.63) is 55.1 Å².